The van der Waals surface area contributed by atoms with Gasteiger partial charge in [0.2, 0.25) is 5.88 Å². The van der Waals surface area contributed by atoms with Gasteiger partial charge in [-0.1, -0.05) is 5.16 Å². The Morgan fingerprint density at radius 1 is 1.18 bits per heavy atom. The van der Waals surface area contributed by atoms with Crippen molar-refractivity contribution in [2.45, 2.75) is 6.43 Å². The number of benzene rings is 1. The zero-order valence-corrected chi connectivity index (χ0v) is 8.25. The van der Waals surface area contributed by atoms with Gasteiger partial charge in [0.05, 0.1) is 11.8 Å². The summed E-state index contributed by atoms with van der Waals surface area (Å²) in [5.41, 5.74) is 4.20. The molecule has 0 fully saturated rings. The topological polar surface area (TPSA) is 52.0 Å². The summed E-state index contributed by atoms with van der Waals surface area (Å²) >= 11 is 0. The molecule has 1 heterocycles. The second-order valence-corrected chi connectivity index (χ2v) is 3.27. The summed E-state index contributed by atoms with van der Waals surface area (Å²) in [6.07, 6.45) is -1.88. The highest BCUT2D eigenvalue weighted by Gasteiger charge is 2.19. The molecule has 1 aromatic heterocycles. The van der Waals surface area contributed by atoms with Crippen molar-refractivity contribution in [1.29, 1.82) is 0 Å². The second kappa shape index (κ2) is 4.08. The number of anilines is 1. The van der Waals surface area contributed by atoms with Crippen molar-refractivity contribution in [3.63, 3.8) is 0 Å². The van der Waals surface area contributed by atoms with E-state index in [4.69, 9.17) is 5.73 Å². The first-order chi connectivity index (χ1) is 8.00. The number of aromatic nitrogens is 1. The molecule has 0 aliphatic carbocycles. The molecule has 0 unspecified atom stereocenters. The fraction of sp³-hybridized carbons (Fsp3) is 0.100. The van der Waals surface area contributed by atoms with Crippen LogP contribution < -0.4 is 5.73 Å². The molecule has 0 radical (unpaired) electrons. The number of rotatable bonds is 2. The van der Waals surface area contributed by atoms with Gasteiger partial charge in [0, 0.05) is 11.1 Å². The van der Waals surface area contributed by atoms with Gasteiger partial charge in [-0.3, -0.25) is 0 Å². The normalized spacial score (nSPS) is 11.1. The molecule has 0 atom stereocenters. The summed E-state index contributed by atoms with van der Waals surface area (Å²) in [5.74, 6) is -2.92. The van der Waals surface area contributed by atoms with Crippen LogP contribution in [0.3, 0.4) is 0 Å². The third-order valence-electron chi connectivity index (χ3n) is 2.19. The zero-order chi connectivity index (χ0) is 12.6. The number of nitrogen functional groups attached to an aromatic ring is 1. The van der Waals surface area contributed by atoms with Crippen molar-refractivity contribution in [1.82, 2.24) is 5.16 Å². The summed E-state index contributed by atoms with van der Waals surface area (Å²) in [6, 6.07) is 1.25. The molecular weight excluding hydrogens is 240 g/mol. The summed E-state index contributed by atoms with van der Waals surface area (Å²) in [7, 11) is 0. The summed E-state index contributed by atoms with van der Waals surface area (Å²) in [4.78, 5) is 0. The van der Waals surface area contributed by atoms with Gasteiger partial charge < -0.3 is 10.3 Å². The van der Waals surface area contributed by atoms with Crippen molar-refractivity contribution in [3.05, 3.63) is 35.5 Å². The largest absolute Gasteiger partial charge is 0.367 e. The van der Waals surface area contributed by atoms with Crippen LogP contribution in [0.1, 0.15) is 12.0 Å². The van der Waals surface area contributed by atoms with Gasteiger partial charge in [-0.2, -0.15) is 0 Å². The Bertz CT molecular complexity index is 553. The number of nitrogens with two attached hydrogens (primary N) is 1. The van der Waals surface area contributed by atoms with Gasteiger partial charge in [0.25, 0.3) is 6.43 Å². The fourth-order valence-corrected chi connectivity index (χ4v) is 1.38. The Hall–Kier alpha value is -2.05. The van der Waals surface area contributed by atoms with Gasteiger partial charge >= 0.3 is 0 Å². The van der Waals surface area contributed by atoms with Gasteiger partial charge in [-0.05, 0) is 12.1 Å². The lowest BCUT2D eigenvalue weighted by atomic mass is 10.0. The lowest BCUT2D eigenvalue weighted by Gasteiger charge is -2.06. The quantitative estimate of drug-likeness (QED) is 0.828. The van der Waals surface area contributed by atoms with E-state index in [0.29, 0.717) is 6.07 Å². The van der Waals surface area contributed by atoms with E-state index in [-0.39, 0.29) is 11.4 Å². The first-order valence-corrected chi connectivity index (χ1v) is 4.48. The molecule has 17 heavy (non-hydrogen) atoms. The SMILES string of the molecule is Nc1oncc1-c1cc(C(F)F)cc(F)c1F. The Kier molecular flexibility index (Phi) is 2.74. The highest BCUT2D eigenvalue weighted by Crippen LogP contribution is 2.32. The molecule has 2 N–H and O–H groups in total. The van der Waals surface area contributed by atoms with E-state index in [1.54, 1.807) is 0 Å². The van der Waals surface area contributed by atoms with Crippen LogP contribution >= 0.6 is 0 Å². The van der Waals surface area contributed by atoms with Crippen molar-refractivity contribution < 1.29 is 22.1 Å². The highest BCUT2D eigenvalue weighted by molar-refractivity contribution is 5.73. The minimum Gasteiger partial charge on any atom is -0.367 e. The van der Waals surface area contributed by atoms with Gasteiger partial charge in [-0.15, -0.1) is 0 Å². The Morgan fingerprint density at radius 2 is 1.88 bits per heavy atom. The predicted octanol–water partition coefficient (Wildman–Crippen LogP) is 3.14. The van der Waals surface area contributed by atoms with Gasteiger partial charge in [0.1, 0.15) is 0 Å². The summed E-state index contributed by atoms with van der Waals surface area (Å²) < 4.78 is 55.9. The molecular formula is C10H6F4N2O. The molecule has 0 aliphatic rings. The molecule has 0 amide bonds. The van der Waals surface area contributed by atoms with Crippen LogP contribution in [-0.2, 0) is 0 Å². The van der Waals surface area contributed by atoms with E-state index in [2.05, 4.69) is 9.68 Å². The number of nitrogens with zero attached hydrogens (tertiary/aromatic N) is 1. The van der Waals surface area contributed by atoms with Crippen LogP contribution in [0.4, 0.5) is 23.4 Å². The van der Waals surface area contributed by atoms with Crippen LogP contribution in [0.25, 0.3) is 11.1 Å². The fourth-order valence-electron chi connectivity index (χ4n) is 1.38. The molecule has 0 spiro atoms. The van der Waals surface area contributed by atoms with Crippen LogP contribution in [0.2, 0.25) is 0 Å². The maximum Gasteiger partial charge on any atom is 0.263 e. The maximum atomic E-state index is 13.4. The third kappa shape index (κ3) is 1.95. The minimum atomic E-state index is -2.91. The Labute approximate surface area is 92.8 Å². The molecule has 0 saturated carbocycles. The molecule has 0 bridgehead atoms. The van der Waals surface area contributed by atoms with E-state index < -0.39 is 29.2 Å². The van der Waals surface area contributed by atoms with Crippen molar-refractivity contribution in [2.75, 3.05) is 5.73 Å². The number of hydrogen-bond donors (Lipinski definition) is 1. The lowest BCUT2D eigenvalue weighted by Crippen LogP contribution is -1.96. The van der Waals surface area contributed by atoms with Crippen LogP contribution in [0.5, 0.6) is 0 Å². The minimum absolute atomic E-state index is 0.0658. The van der Waals surface area contributed by atoms with E-state index in [0.717, 1.165) is 12.3 Å². The monoisotopic (exact) mass is 246 g/mol. The maximum absolute atomic E-state index is 13.4. The molecule has 90 valence electrons. The third-order valence-corrected chi connectivity index (χ3v) is 2.19. The Balaban J connectivity index is 2.65. The molecule has 0 saturated heterocycles. The predicted molar refractivity (Wildman–Crippen MR) is 51.2 cm³/mol. The zero-order valence-electron chi connectivity index (χ0n) is 8.25. The lowest BCUT2D eigenvalue weighted by molar-refractivity contribution is 0.151. The van der Waals surface area contributed by atoms with E-state index in [1.807, 2.05) is 0 Å². The highest BCUT2D eigenvalue weighted by atomic mass is 19.3. The standard InChI is InChI=1S/C10H6F4N2O/c11-7-2-4(9(13)14)1-5(8(7)12)6-3-16-17-10(6)15/h1-3,9H,15H2. The van der Waals surface area contributed by atoms with Gasteiger partial charge in [0.15, 0.2) is 11.6 Å². The van der Waals surface area contributed by atoms with Crippen molar-refractivity contribution in [3.8, 4) is 11.1 Å². The smallest absolute Gasteiger partial charge is 0.263 e. The molecule has 3 nitrogen and oxygen atoms in total. The van der Waals surface area contributed by atoms with Gasteiger partial charge in [-0.25, -0.2) is 17.6 Å². The van der Waals surface area contributed by atoms with E-state index in [9.17, 15) is 17.6 Å². The molecule has 7 heteroatoms. The number of hydrogen-bond acceptors (Lipinski definition) is 3. The number of halogens is 4. The van der Waals surface area contributed by atoms with E-state index >= 15 is 0 Å². The van der Waals surface area contributed by atoms with Crippen molar-refractivity contribution >= 4 is 5.88 Å². The Morgan fingerprint density at radius 3 is 2.41 bits per heavy atom. The first-order valence-electron chi connectivity index (χ1n) is 4.48. The average molecular weight is 246 g/mol. The van der Waals surface area contributed by atoms with E-state index in [1.165, 1.54) is 0 Å². The molecule has 1 aromatic carbocycles. The van der Waals surface area contributed by atoms with Crippen molar-refractivity contribution in [2.24, 2.45) is 0 Å². The molecule has 2 rings (SSSR count). The summed E-state index contributed by atoms with van der Waals surface area (Å²) in [6.45, 7) is 0. The molecule has 0 aliphatic heterocycles. The van der Waals surface area contributed by atoms with Crippen LogP contribution in [-0.4, -0.2) is 5.16 Å². The average Bonchev–Trinajstić information content (AvgIpc) is 2.68. The molecule has 2 aromatic rings. The first kappa shape index (κ1) is 11.4. The van der Waals surface area contributed by atoms with Crippen LogP contribution in [0.15, 0.2) is 22.9 Å². The number of alkyl halides is 2. The van der Waals surface area contributed by atoms with Crippen LogP contribution in [0, 0.1) is 11.6 Å². The second-order valence-electron chi connectivity index (χ2n) is 3.27. The summed E-state index contributed by atoms with van der Waals surface area (Å²) in [5, 5.41) is 3.27.